The molecule has 0 aromatic heterocycles. The Labute approximate surface area is 196 Å². The van der Waals surface area contributed by atoms with Gasteiger partial charge in [0, 0.05) is 0 Å². The fourth-order valence-corrected chi connectivity index (χ4v) is 3.56. The number of phenolic OH excluding ortho intramolecular Hbond substituents is 4. The summed E-state index contributed by atoms with van der Waals surface area (Å²) in [5.41, 5.74) is 4.50. The molecule has 168 valence electrons. The van der Waals surface area contributed by atoms with Crippen LogP contribution in [0.2, 0.25) is 0 Å². The molecule has 0 fully saturated rings. The van der Waals surface area contributed by atoms with E-state index in [1.165, 1.54) is 12.2 Å². The third-order valence-corrected chi connectivity index (χ3v) is 5.28. The van der Waals surface area contributed by atoms with Gasteiger partial charge in [0.25, 0.3) is 0 Å². The second kappa shape index (κ2) is 9.79. The summed E-state index contributed by atoms with van der Waals surface area (Å²) in [5, 5.41) is 38.9. The molecule has 34 heavy (non-hydrogen) atoms. The van der Waals surface area contributed by atoms with Gasteiger partial charge in [0.2, 0.25) is 0 Å². The number of aromatic hydroxyl groups is 4. The predicted molar refractivity (Wildman–Crippen MR) is 133 cm³/mol. The van der Waals surface area contributed by atoms with Crippen molar-refractivity contribution in [1.82, 2.24) is 0 Å². The molecule has 0 aliphatic carbocycles. The zero-order valence-corrected chi connectivity index (χ0v) is 18.1. The van der Waals surface area contributed by atoms with Crippen LogP contribution >= 0.6 is 0 Å². The molecule has 5 heteroatoms. The van der Waals surface area contributed by atoms with Gasteiger partial charge in [-0.3, -0.25) is 4.79 Å². The number of ketones is 1. The summed E-state index contributed by atoms with van der Waals surface area (Å²) >= 11 is 0. The van der Waals surface area contributed by atoms with Gasteiger partial charge in [-0.25, -0.2) is 0 Å². The lowest BCUT2D eigenvalue weighted by molar-refractivity contribution is -0.110. The molecule has 0 atom stereocenters. The predicted octanol–water partition coefficient (Wildman–Crippen LogP) is 6.14. The second-order valence-corrected chi connectivity index (χ2v) is 7.71. The fourth-order valence-electron chi connectivity index (χ4n) is 3.56. The standard InChI is InChI=1S/C29H22O5/c30-23-9-1-19(2-10-23)28-17-26(33)15-7-21(28)5-13-25(32)14-6-22-8-16-27(34)18-29(22)20-3-11-24(31)12-4-20/h1-18,30-31,33-34H/b13-5+,14-6+. The summed E-state index contributed by atoms with van der Waals surface area (Å²) in [6.45, 7) is 0. The number of carbonyl (C=O) groups is 1. The summed E-state index contributed by atoms with van der Waals surface area (Å²) < 4.78 is 0. The molecule has 0 unspecified atom stereocenters. The molecule has 4 aromatic carbocycles. The first-order valence-corrected chi connectivity index (χ1v) is 10.5. The maximum Gasteiger partial charge on any atom is 0.178 e. The van der Waals surface area contributed by atoms with Crippen molar-refractivity contribution in [2.75, 3.05) is 0 Å². The van der Waals surface area contributed by atoms with Gasteiger partial charge < -0.3 is 20.4 Å². The maximum atomic E-state index is 12.6. The zero-order valence-electron chi connectivity index (χ0n) is 18.1. The third kappa shape index (κ3) is 5.34. The van der Waals surface area contributed by atoms with Gasteiger partial charge in [0.1, 0.15) is 23.0 Å². The fraction of sp³-hybridized carbons (Fsp3) is 0. The number of hydrogen-bond donors (Lipinski definition) is 4. The lowest BCUT2D eigenvalue weighted by atomic mass is 9.98. The van der Waals surface area contributed by atoms with E-state index in [-0.39, 0.29) is 28.8 Å². The molecule has 0 spiro atoms. The molecule has 0 heterocycles. The number of hydrogen-bond acceptors (Lipinski definition) is 5. The van der Waals surface area contributed by atoms with E-state index < -0.39 is 0 Å². The van der Waals surface area contributed by atoms with Crippen molar-refractivity contribution in [3.8, 4) is 45.3 Å². The molecule has 4 rings (SSSR count). The maximum absolute atomic E-state index is 12.6. The van der Waals surface area contributed by atoms with Crippen LogP contribution in [0.4, 0.5) is 0 Å². The van der Waals surface area contributed by atoms with Crippen LogP contribution in [0.1, 0.15) is 11.1 Å². The Morgan fingerprint density at radius 3 is 1.24 bits per heavy atom. The highest BCUT2D eigenvalue weighted by Gasteiger charge is 2.07. The zero-order chi connectivity index (χ0) is 24.1. The number of benzene rings is 4. The van der Waals surface area contributed by atoms with Crippen molar-refractivity contribution in [3.05, 3.63) is 108 Å². The first kappa shape index (κ1) is 22.4. The Balaban J connectivity index is 1.59. The van der Waals surface area contributed by atoms with E-state index in [1.807, 2.05) is 0 Å². The van der Waals surface area contributed by atoms with E-state index in [0.717, 1.165) is 33.4 Å². The average molecular weight is 450 g/mol. The highest BCUT2D eigenvalue weighted by Crippen LogP contribution is 2.31. The first-order valence-electron chi connectivity index (χ1n) is 10.5. The molecule has 0 bridgehead atoms. The minimum absolute atomic E-state index is 0.0977. The monoisotopic (exact) mass is 450 g/mol. The van der Waals surface area contributed by atoms with E-state index in [1.54, 1.807) is 97.1 Å². The van der Waals surface area contributed by atoms with Crippen molar-refractivity contribution in [1.29, 1.82) is 0 Å². The highest BCUT2D eigenvalue weighted by molar-refractivity contribution is 6.05. The lowest BCUT2D eigenvalue weighted by Crippen LogP contribution is -1.88. The van der Waals surface area contributed by atoms with Crippen molar-refractivity contribution >= 4 is 17.9 Å². The smallest absolute Gasteiger partial charge is 0.178 e. The van der Waals surface area contributed by atoms with Crippen LogP contribution in [-0.4, -0.2) is 26.2 Å². The molecular formula is C29H22O5. The quantitative estimate of drug-likeness (QED) is 0.265. The summed E-state index contributed by atoms with van der Waals surface area (Å²) in [7, 11) is 0. The van der Waals surface area contributed by atoms with Crippen LogP contribution in [0.15, 0.2) is 97.1 Å². The van der Waals surface area contributed by atoms with Gasteiger partial charge >= 0.3 is 0 Å². The molecular weight excluding hydrogens is 428 g/mol. The Kier molecular flexibility index (Phi) is 6.46. The van der Waals surface area contributed by atoms with E-state index >= 15 is 0 Å². The Morgan fingerprint density at radius 1 is 0.500 bits per heavy atom. The second-order valence-electron chi connectivity index (χ2n) is 7.71. The Morgan fingerprint density at radius 2 is 0.853 bits per heavy atom. The van der Waals surface area contributed by atoms with Crippen molar-refractivity contribution in [3.63, 3.8) is 0 Å². The molecule has 5 nitrogen and oxygen atoms in total. The highest BCUT2D eigenvalue weighted by atomic mass is 16.3. The SMILES string of the molecule is O=C(/C=C/c1ccc(O)cc1-c1ccc(O)cc1)/C=C/c1ccc(O)cc1-c1ccc(O)cc1. The van der Waals surface area contributed by atoms with Crippen LogP contribution in [0.5, 0.6) is 23.0 Å². The normalized spacial score (nSPS) is 11.3. The molecule has 0 aliphatic heterocycles. The Bertz CT molecular complexity index is 1270. The molecule has 0 aliphatic rings. The molecule has 4 aromatic rings. The molecule has 0 saturated heterocycles. The van der Waals surface area contributed by atoms with Gasteiger partial charge in [-0.1, -0.05) is 48.6 Å². The van der Waals surface area contributed by atoms with Crippen LogP contribution in [0, 0.1) is 0 Å². The summed E-state index contributed by atoms with van der Waals surface area (Å²) in [4.78, 5) is 12.6. The van der Waals surface area contributed by atoms with Crippen molar-refractivity contribution in [2.45, 2.75) is 0 Å². The third-order valence-electron chi connectivity index (χ3n) is 5.28. The molecule has 4 N–H and O–H groups in total. The summed E-state index contributed by atoms with van der Waals surface area (Å²) in [6.07, 6.45) is 6.22. The van der Waals surface area contributed by atoms with Crippen LogP contribution < -0.4 is 0 Å². The van der Waals surface area contributed by atoms with Gasteiger partial charge in [-0.2, -0.15) is 0 Å². The van der Waals surface area contributed by atoms with Crippen LogP contribution in [-0.2, 0) is 4.79 Å². The number of phenols is 4. The van der Waals surface area contributed by atoms with E-state index in [2.05, 4.69) is 0 Å². The average Bonchev–Trinajstić information content (AvgIpc) is 2.83. The van der Waals surface area contributed by atoms with Crippen LogP contribution in [0.25, 0.3) is 34.4 Å². The Hall–Kier alpha value is -4.77. The number of allylic oxidation sites excluding steroid dienone is 2. The summed E-state index contributed by atoms with van der Waals surface area (Å²) in [6, 6.07) is 22.9. The first-order chi connectivity index (χ1) is 16.4. The minimum Gasteiger partial charge on any atom is -0.508 e. The van der Waals surface area contributed by atoms with Gasteiger partial charge in [-0.15, -0.1) is 0 Å². The van der Waals surface area contributed by atoms with Gasteiger partial charge in [0.15, 0.2) is 5.78 Å². The van der Waals surface area contributed by atoms with Crippen molar-refractivity contribution in [2.24, 2.45) is 0 Å². The van der Waals surface area contributed by atoms with Gasteiger partial charge in [0.05, 0.1) is 0 Å². The molecule has 0 saturated carbocycles. The van der Waals surface area contributed by atoms with E-state index in [4.69, 9.17) is 0 Å². The molecule has 0 amide bonds. The van der Waals surface area contributed by atoms with E-state index in [9.17, 15) is 25.2 Å². The number of rotatable bonds is 6. The number of carbonyl (C=O) groups excluding carboxylic acids is 1. The lowest BCUT2D eigenvalue weighted by Gasteiger charge is -2.08. The molecule has 0 radical (unpaired) electrons. The van der Waals surface area contributed by atoms with E-state index in [0.29, 0.717) is 0 Å². The summed E-state index contributed by atoms with van der Waals surface area (Å²) in [5.74, 6) is 0.236. The minimum atomic E-state index is -0.241. The largest absolute Gasteiger partial charge is 0.508 e. The topological polar surface area (TPSA) is 98.0 Å². The van der Waals surface area contributed by atoms with Crippen molar-refractivity contribution < 1.29 is 25.2 Å². The van der Waals surface area contributed by atoms with Crippen LogP contribution in [0.3, 0.4) is 0 Å². The van der Waals surface area contributed by atoms with Gasteiger partial charge in [-0.05, 0) is 94.1 Å².